The van der Waals surface area contributed by atoms with Gasteiger partial charge in [0, 0.05) is 73.5 Å². The molecule has 1 saturated carbocycles. The molecule has 1 aromatic heterocycles. The van der Waals surface area contributed by atoms with Crippen LogP contribution in [0.4, 0.5) is 4.39 Å². The molecule has 2 heterocycles. The number of hydrogen-bond donors (Lipinski definition) is 4. The number of carbonyl (C=O) groups excluding carboxylic acids is 1. The zero-order valence-electron chi connectivity index (χ0n) is 24.3. The van der Waals surface area contributed by atoms with Crippen LogP contribution in [0, 0.1) is 18.2 Å². The van der Waals surface area contributed by atoms with Crippen LogP contribution in [0.2, 0.25) is 0 Å². The Balaban J connectivity index is 1.64. The molecular weight excluding hydrogens is 523 g/mol. The highest BCUT2D eigenvalue weighted by atomic mass is 19.1. The van der Waals surface area contributed by atoms with Gasteiger partial charge in [-0.05, 0) is 78.6 Å². The van der Waals surface area contributed by atoms with E-state index in [1.807, 2.05) is 32.2 Å². The van der Waals surface area contributed by atoms with Crippen molar-refractivity contribution >= 4 is 16.7 Å². The molecule has 0 radical (unpaired) electrons. The quantitative estimate of drug-likeness (QED) is 0.318. The average molecular weight is 565 g/mol. The lowest BCUT2D eigenvalue weighted by Crippen LogP contribution is -2.52. The summed E-state index contributed by atoms with van der Waals surface area (Å²) in [6, 6.07) is 8.59. The number of piperazine rings is 1. The van der Waals surface area contributed by atoms with E-state index in [2.05, 4.69) is 22.5 Å². The van der Waals surface area contributed by atoms with E-state index in [1.165, 1.54) is 6.07 Å². The van der Waals surface area contributed by atoms with Crippen LogP contribution < -0.4 is 16.2 Å². The molecule has 2 aromatic carbocycles. The molecule has 1 aliphatic heterocycles. The normalized spacial score (nSPS) is 19.0. The first-order valence-corrected chi connectivity index (χ1v) is 14.5. The Bertz CT molecular complexity index is 1510. The SMILES string of the molecule is Cc1c(F)cc(C(=O)NC2CC2)cc1-c1ccc2c(=O)n(CC(C)(C)CO)cc(C(C)N3CCN[C@@H](CO)C3)c2c1. The highest BCUT2D eigenvalue weighted by Gasteiger charge is 2.28. The lowest BCUT2D eigenvalue weighted by Gasteiger charge is -2.37. The third kappa shape index (κ3) is 6.23. The molecule has 220 valence electrons. The Hall–Kier alpha value is -3.11. The lowest BCUT2D eigenvalue weighted by atomic mass is 9.92. The van der Waals surface area contributed by atoms with Crippen molar-refractivity contribution in [1.82, 2.24) is 20.1 Å². The van der Waals surface area contributed by atoms with Crippen LogP contribution >= 0.6 is 0 Å². The molecule has 41 heavy (non-hydrogen) atoms. The number of aliphatic hydroxyl groups excluding tert-OH is 2. The van der Waals surface area contributed by atoms with Crippen molar-refractivity contribution in [3.8, 4) is 11.1 Å². The summed E-state index contributed by atoms with van der Waals surface area (Å²) >= 11 is 0. The maximum absolute atomic E-state index is 15.1. The first kappa shape index (κ1) is 29.4. The Labute approximate surface area is 240 Å². The summed E-state index contributed by atoms with van der Waals surface area (Å²) in [5, 5.41) is 27.3. The van der Waals surface area contributed by atoms with Crippen LogP contribution in [0.3, 0.4) is 0 Å². The van der Waals surface area contributed by atoms with E-state index >= 15 is 4.39 Å². The fraction of sp³-hybridized carbons (Fsp3) is 0.500. The second kappa shape index (κ2) is 11.6. The molecule has 8 nitrogen and oxygen atoms in total. The van der Waals surface area contributed by atoms with Gasteiger partial charge in [0.1, 0.15) is 5.82 Å². The van der Waals surface area contributed by atoms with Crippen molar-refractivity contribution < 1.29 is 19.4 Å². The van der Waals surface area contributed by atoms with Gasteiger partial charge in [-0.3, -0.25) is 14.5 Å². The van der Waals surface area contributed by atoms with Crippen LogP contribution in [0.5, 0.6) is 0 Å². The van der Waals surface area contributed by atoms with E-state index in [-0.39, 0.29) is 48.4 Å². The monoisotopic (exact) mass is 564 g/mol. The largest absolute Gasteiger partial charge is 0.396 e. The van der Waals surface area contributed by atoms with Crippen LogP contribution in [0.1, 0.15) is 61.1 Å². The van der Waals surface area contributed by atoms with Gasteiger partial charge < -0.3 is 25.4 Å². The van der Waals surface area contributed by atoms with Gasteiger partial charge in [0.15, 0.2) is 0 Å². The van der Waals surface area contributed by atoms with Gasteiger partial charge >= 0.3 is 0 Å². The number of rotatable bonds is 9. The van der Waals surface area contributed by atoms with Gasteiger partial charge in [-0.15, -0.1) is 0 Å². The third-order valence-corrected chi connectivity index (χ3v) is 8.48. The van der Waals surface area contributed by atoms with Gasteiger partial charge in [0.05, 0.1) is 6.61 Å². The number of benzene rings is 2. The lowest BCUT2D eigenvalue weighted by molar-refractivity contribution is 0.0950. The number of nitrogens with zero attached hydrogens (tertiary/aromatic N) is 2. The molecule has 1 aliphatic carbocycles. The van der Waals surface area contributed by atoms with Crippen molar-refractivity contribution in [3.05, 3.63) is 69.4 Å². The predicted molar refractivity (Wildman–Crippen MR) is 159 cm³/mol. The Morgan fingerprint density at radius 3 is 2.63 bits per heavy atom. The first-order valence-electron chi connectivity index (χ1n) is 14.5. The standard InChI is InChI=1S/C32H41FN4O4/c1-19-26(12-22(13-29(19)33)30(40)35-23-6-7-23)21-5-8-25-27(11-21)28(15-37(31(25)41)17-32(3,4)18-39)20(2)36-10-9-34-24(14-36)16-38/h5,8,11-13,15,20,23-24,34,38-39H,6-7,9-10,14,16-18H2,1-4H3,(H,35,40)/t20?,24-/m1/s1. The molecule has 2 atom stereocenters. The Kier molecular flexibility index (Phi) is 8.34. The fourth-order valence-corrected chi connectivity index (χ4v) is 5.68. The number of fused-ring (bicyclic) bond motifs is 1. The number of aromatic nitrogens is 1. The summed E-state index contributed by atoms with van der Waals surface area (Å²) in [7, 11) is 0. The van der Waals surface area contributed by atoms with Crippen molar-refractivity contribution in [2.24, 2.45) is 5.41 Å². The molecular formula is C32H41FN4O4. The number of nitrogens with one attached hydrogen (secondary N) is 2. The van der Waals surface area contributed by atoms with E-state index < -0.39 is 11.2 Å². The molecule has 3 aromatic rings. The maximum Gasteiger partial charge on any atom is 0.258 e. The molecule has 1 amide bonds. The summed E-state index contributed by atoms with van der Waals surface area (Å²) < 4.78 is 16.8. The van der Waals surface area contributed by atoms with Gasteiger partial charge in [-0.25, -0.2) is 4.39 Å². The van der Waals surface area contributed by atoms with Crippen LogP contribution in [-0.2, 0) is 6.54 Å². The highest BCUT2D eigenvalue weighted by molar-refractivity contribution is 5.97. The molecule has 5 rings (SSSR count). The molecule has 4 N–H and O–H groups in total. The predicted octanol–water partition coefficient (Wildman–Crippen LogP) is 3.35. The first-order chi connectivity index (χ1) is 19.5. The average Bonchev–Trinajstić information content (AvgIpc) is 3.79. The number of hydrogen-bond acceptors (Lipinski definition) is 6. The van der Waals surface area contributed by atoms with Gasteiger partial charge in [0.2, 0.25) is 0 Å². The fourth-order valence-electron chi connectivity index (χ4n) is 5.68. The number of pyridine rings is 1. The minimum Gasteiger partial charge on any atom is -0.396 e. The number of halogens is 1. The van der Waals surface area contributed by atoms with Crippen molar-refractivity contribution in [1.29, 1.82) is 0 Å². The zero-order valence-corrected chi connectivity index (χ0v) is 24.3. The molecule has 9 heteroatoms. The number of amides is 1. The van der Waals surface area contributed by atoms with E-state index in [0.29, 0.717) is 29.6 Å². The van der Waals surface area contributed by atoms with E-state index in [4.69, 9.17) is 0 Å². The summed E-state index contributed by atoms with van der Waals surface area (Å²) in [4.78, 5) is 28.8. The van der Waals surface area contributed by atoms with Gasteiger partial charge in [-0.1, -0.05) is 19.9 Å². The second-order valence-corrected chi connectivity index (χ2v) is 12.5. The molecule has 1 saturated heterocycles. The van der Waals surface area contributed by atoms with E-state index in [9.17, 15) is 19.8 Å². The Morgan fingerprint density at radius 1 is 1.20 bits per heavy atom. The number of aliphatic hydroxyl groups is 2. The summed E-state index contributed by atoms with van der Waals surface area (Å²) in [6.45, 7) is 10.1. The topological polar surface area (TPSA) is 107 Å². The van der Waals surface area contributed by atoms with Gasteiger partial charge in [-0.2, -0.15) is 0 Å². The molecule has 2 aliphatic rings. The second-order valence-electron chi connectivity index (χ2n) is 12.5. The Morgan fingerprint density at radius 2 is 1.95 bits per heavy atom. The van der Waals surface area contributed by atoms with Gasteiger partial charge in [0.25, 0.3) is 11.5 Å². The van der Waals surface area contributed by atoms with E-state index in [1.54, 1.807) is 23.6 Å². The molecule has 1 unspecified atom stereocenters. The molecule has 0 bridgehead atoms. The van der Waals surface area contributed by atoms with E-state index in [0.717, 1.165) is 42.4 Å². The van der Waals surface area contributed by atoms with Crippen molar-refractivity contribution in [2.75, 3.05) is 32.8 Å². The minimum atomic E-state index is -0.495. The number of carbonyl (C=O) groups is 1. The van der Waals surface area contributed by atoms with Crippen molar-refractivity contribution in [3.63, 3.8) is 0 Å². The minimum absolute atomic E-state index is 0.0355. The maximum atomic E-state index is 15.1. The smallest absolute Gasteiger partial charge is 0.258 e. The molecule has 2 fully saturated rings. The molecule has 0 spiro atoms. The zero-order chi connectivity index (χ0) is 29.5. The van der Waals surface area contributed by atoms with Crippen molar-refractivity contribution in [2.45, 2.75) is 65.2 Å². The summed E-state index contributed by atoms with van der Waals surface area (Å²) in [5.74, 6) is -0.732. The van der Waals surface area contributed by atoms with Crippen LogP contribution in [0.15, 0.2) is 41.3 Å². The highest BCUT2D eigenvalue weighted by Crippen LogP contribution is 2.34. The third-order valence-electron chi connectivity index (χ3n) is 8.48. The summed E-state index contributed by atoms with van der Waals surface area (Å²) in [5.41, 5.74) is 2.34. The van der Waals surface area contributed by atoms with Crippen LogP contribution in [0.25, 0.3) is 21.9 Å². The summed E-state index contributed by atoms with van der Waals surface area (Å²) in [6.07, 6.45) is 3.77. The van der Waals surface area contributed by atoms with Crippen LogP contribution in [-0.4, -0.2) is 70.5 Å².